The minimum absolute atomic E-state index is 0.127. The molecule has 2 aromatic carbocycles. The maximum absolute atomic E-state index is 12.3. The molecule has 0 aliphatic heterocycles. The second-order valence-corrected chi connectivity index (χ2v) is 9.95. The largest absolute Gasteiger partial charge is 0.493 e. The molecular weight excluding hydrogens is 432 g/mol. The van der Waals surface area contributed by atoms with Crippen molar-refractivity contribution in [1.29, 1.82) is 0 Å². The number of methoxy groups -OCH3 is 2. The number of benzene rings is 2. The van der Waals surface area contributed by atoms with E-state index in [9.17, 15) is 13.2 Å². The molecule has 1 heterocycles. The number of nitrogens with zero attached hydrogens (tertiary/aromatic N) is 1. The first-order valence-corrected chi connectivity index (χ1v) is 11.6. The van der Waals surface area contributed by atoms with Crippen LogP contribution in [0.25, 0.3) is 11.3 Å². The zero-order chi connectivity index (χ0) is 23.3. The molecule has 0 bridgehead atoms. The number of hydrogen-bond donors (Lipinski definition) is 1. The van der Waals surface area contributed by atoms with E-state index in [2.05, 4.69) is 10.5 Å². The Morgan fingerprint density at radius 1 is 1.03 bits per heavy atom. The number of carbonyl (C=O) groups is 1. The Kier molecular flexibility index (Phi) is 7.19. The van der Waals surface area contributed by atoms with Crippen molar-refractivity contribution in [2.45, 2.75) is 37.0 Å². The molecule has 0 radical (unpaired) electrons. The molecule has 170 valence electrons. The summed E-state index contributed by atoms with van der Waals surface area (Å²) >= 11 is 0. The topological polar surface area (TPSA) is 108 Å². The van der Waals surface area contributed by atoms with Crippen LogP contribution in [0.4, 0.5) is 0 Å². The molecule has 9 heteroatoms. The molecule has 32 heavy (non-hydrogen) atoms. The van der Waals surface area contributed by atoms with Crippen LogP contribution < -0.4 is 14.8 Å². The van der Waals surface area contributed by atoms with Crippen LogP contribution >= 0.6 is 0 Å². The number of amides is 1. The van der Waals surface area contributed by atoms with Gasteiger partial charge in [-0.2, -0.15) is 0 Å². The summed E-state index contributed by atoms with van der Waals surface area (Å²) in [4.78, 5) is 12.5. The third kappa shape index (κ3) is 5.28. The van der Waals surface area contributed by atoms with Gasteiger partial charge in [-0.15, -0.1) is 0 Å². The predicted molar refractivity (Wildman–Crippen MR) is 119 cm³/mol. The van der Waals surface area contributed by atoms with Crippen LogP contribution in [0.5, 0.6) is 11.5 Å². The van der Waals surface area contributed by atoms with Crippen LogP contribution in [-0.2, 0) is 27.6 Å². The number of rotatable bonds is 9. The molecule has 8 nitrogen and oxygen atoms in total. The van der Waals surface area contributed by atoms with E-state index < -0.39 is 15.1 Å². The second kappa shape index (κ2) is 9.86. The summed E-state index contributed by atoms with van der Waals surface area (Å²) < 4.78 is 40.3. The maximum atomic E-state index is 12.3. The lowest BCUT2D eigenvalue weighted by Gasteiger charge is -2.08. The number of carbonyl (C=O) groups excluding carboxylic acids is 1. The van der Waals surface area contributed by atoms with Crippen molar-refractivity contribution in [3.05, 3.63) is 59.8 Å². The van der Waals surface area contributed by atoms with E-state index in [-0.39, 0.29) is 23.8 Å². The zero-order valence-corrected chi connectivity index (χ0v) is 19.2. The van der Waals surface area contributed by atoms with Crippen LogP contribution in [0.1, 0.15) is 25.1 Å². The van der Waals surface area contributed by atoms with Crippen molar-refractivity contribution in [2.75, 3.05) is 14.2 Å². The summed E-state index contributed by atoms with van der Waals surface area (Å²) in [6.45, 7) is 3.48. The molecule has 0 unspecified atom stereocenters. The first-order valence-electron chi connectivity index (χ1n) is 10.0. The van der Waals surface area contributed by atoms with Crippen molar-refractivity contribution in [2.24, 2.45) is 0 Å². The summed E-state index contributed by atoms with van der Waals surface area (Å²) in [7, 11) is -0.212. The van der Waals surface area contributed by atoms with Gasteiger partial charge < -0.3 is 19.3 Å². The molecule has 0 aliphatic rings. The highest BCUT2D eigenvalue weighted by Crippen LogP contribution is 2.32. The van der Waals surface area contributed by atoms with E-state index in [1.807, 2.05) is 6.07 Å². The highest BCUT2D eigenvalue weighted by atomic mass is 32.2. The molecule has 1 aromatic heterocycles. The number of sulfone groups is 1. The third-order valence-corrected chi connectivity index (χ3v) is 7.10. The Morgan fingerprint density at radius 2 is 1.72 bits per heavy atom. The van der Waals surface area contributed by atoms with Gasteiger partial charge in [0.25, 0.3) is 0 Å². The van der Waals surface area contributed by atoms with Crippen LogP contribution in [0.2, 0.25) is 0 Å². The lowest BCUT2D eigenvalue weighted by atomic mass is 10.1. The minimum atomic E-state index is -3.33. The fourth-order valence-electron chi connectivity index (χ4n) is 3.03. The van der Waals surface area contributed by atoms with Crippen LogP contribution in [-0.4, -0.2) is 39.0 Å². The summed E-state index contributed by atoms with van der Waals surface area (Å²) in [6.07, 6.45) is 0.127. The van der Waals surface area contributed by atoms with Gasteiger partial charge in [0.05, 0.1) is 37.3 Å². The Hall–Kier alpha value is -3.33. The molecule has 3 rings (SSSR count). The highest BCUT2D eigenvalue weighted by molar-refractivity contribution is 7.92. The van der Waals surface area contributed by atoms with Crippen molar-refractivity contribution in [1.82, 2.24) is 10.5 Å². The van der Waals surface area contributed by atoms with Gasteiger partial charge in [0, 0.05) is 11.6 Å². The molecule has 0 fully saturated rings. The number of nitrogens with one attached hydrogen (secondary N) is 1. The maximum Gasteiger partial charge on any atom is 0.224 e. The van der Waals surface area contributed by atoms with Crippen LogP contribution in [0.3, 0.4) is 0 Å². The van der Waals surface area contributed by atoms with Crippen LogP contribution in [0, 0.1) is 0 Å². The fraction of sp³-hybridized carbons (Fsp3) is 0.304. The van der Waals surface area contributed by atoms with E-state index in [0.717, 1.165) is 11.1 Å². The average molecular weight is 459 g/mol. The standard InChI is InChI=1S/C23H26N2O6S/c1-15(2)32(27,28)19-8-5-16(6-9-19)11-23(26)24-14-18-13-21(31-25-18)17-7-10-20(29-3)22(12-17)30-4/h5-10,12-13,15H,11,14H2,1-4H3,(H,24,26). The van der Waals surface area contributed by atoms with Gasteiger partial charge in [0.1, 0.15) is 5.69 Å². The molecule has 1 N–H and O–H groups in total. The molecule has 0 spiro atoms. The van der Waals surface area contributed by atoms with Gasteiger partial charge in [-0.1, -0.05) is 17.3 Å². The SMILES string of the molecule is COc1ccc(-c2cc(CNC(=O)Cc3ccc(S(=O)(=O)C(C)C)cc3)no2)cc1OC. The van der Waals surface area contributed by atoms with Gasteiger partial charge in [0.2, 0.25) is 5.91 Å². The summed E-state index contributed by atoms with van der Waals surface area (Å²) in [5, 5.41) is 6.29. The number of aromatic nitrogens is 1. The van der Waals surface area contributed by atoms with Crippen LogP contribution in [0.15, 0.2) is 57.9 Å². The monoisotopic (exact) mass is 458 g/mol. The molecule has 0 saturated carbocycles. The Bertz CT molecular complexity index is 1180. The lowest BCUT2D eigenvalue weighted by molar-refractivity contribution is -0.120. The first kappa shape index (κ1) is 23.3. The number of ether oxygens (including phenoxy) is 2. The first-order chi connectivity index (χ1) is 15.2. The van der Waals surface area contributed by atoms with Crippen molar-refractivity contribution in [3.8, 4) is 22.8 Å². The Balaban J connectivity index is 1.59. The van der Waals surface area contributed by atoms with Crippen molar-refractivity contribution in [3.63, 3.8) is 0 Å². The Morgan fingerprint density at radius 3 is 2.34 bits per heavy atom. The van der Waals surface area contributed by atoms with Crippen molar-refractivity contribution < 1.29 is 27.2 Å². The number of hydrogen-bond acceptors (Lipinski definition) is 7. The summed E-state index contributed by atoms with van der Waals surface area (Å²) in [5.74, 6) is 1.51. The third-order valence-electron chi connectivity index (χ3n) is 4.93. The summed E-state index contributed by atoms with van der Waals surface area (Å²) in [6, 6.07) is 13.5. The quantitative estimate of drug-likeness (QED) is 0.524. The Labute approximate surface area is 187 Å². The minimum Gasteiger partial charge on any atom is -0.493 e. The molecular formula is C23H26N2O6S. The zero-order valence-electron chi connectivity index (χ0n) is 18.4. The van der Waals surface area contributed by atoms with Gasteiger partial charge >= 0.3 is 0 Å². The van der Waals surface area contributed by atoms with Gasteiger partial charge in [-0.25, -0.2) is 8.42 Å². The van der Waals surface area contributed by atoms with E-state index in [0.29, 0.717) is 23.0 Å². The van der Waals surface area contributed by atoms with Gasteiger partial charge in [-0.3, -0.25) is 4.79 Å². The molecule has 1 amide bonds. The van der Waals surface area contributed by atoms with Crippen molar-refractivity contribution >= 4 is 15.7 Å². The van der Waals surface area contributed by atoms with Gasteiger partial charge in [0.15, 0.2) is 27.1 Å². The van der Waals surface area contributed by atoms with Gasteiger partial charge in [-0.05, 0) is 49.7 Å². The molecule has 0 aliphatic carbocycles. The fourth-order valence-corrected chi connectivity index (χ4v) is 4.09. The highest BCUT2D eigenvalue weighted by Gasteiger charge is 2.19. The van der Waals surface area contributed by atoms with E-state index >= 15 is 0 Å². The lowest BCUT2D eigenvalue weighted by Crippen LogP contribution is -2.24. The van der Waals surface area contributed by atoms with E-state index in [4.69, 9.17) is 14.0 Å². The predicted octanol–water partition coefficient (Wildman–Crippen LogP) is 3.40. The second-order valence-electron chi connectivity index (χ2n) is 7.44. The molecule has 0 saturated heterocycles. The average Bonchev–Trinajstić information content (AvgIpc) is 3.26. The van der Waals surface area contributed by atoms with E-state index in [1.165, 1.54) is 12.1 Å². The smallest absolute Gasteiger partial charge is 0.224 e. The molecule has 0 atom stereocenters. The van der Waals surface area contributed by atoms with E-state index in [1.54, 1.807) is 58.4 Å². The molecule has 3 aromatic rings. The summed E-state index contributed by atoms with van der Waals surface area (Å²) in [5.41, 5.74) is 2.06. The normalized spacial score (nSPS) is 11.4.